The molecule has 1 aliphatic heterocycles. The number of aliphatic hydroxyl groups is 1. The second-order valence-corrected chi connectivity index (χ2v) is 5.64. The molecule has 0 aromatic rings. The Labute approximate surface area is 79.9 Å². The Balaban J connectivity index is 1.63. The monoisotopic (exact) mass is 181 g/mol. The maximum absolute atomic E-state index is 9.67. The molecule has 2 heteroatoms. The normalized spacial score (nSPS) is 48.0. The molecule has 74 valence electrons. The summed E-state index contributed by atoms with van der Waals surface area (Å²) in [6, 6.07) is 0.832. The number of rotatable bonds is 1. The molecule has 1 heterocycles. The van der Waals surface area contributed by atoms with Crippen LogP contribution in [0.15, 0.2) is 0 Å². The summed E-state index contributed by atoms with van der Waals surface area (Å²) in [5.74, 6) is 2.00. The molecule has 13 heavy (non-hydrogen) atoms. The van der Waals surface area contributed by atoms with Gasteiger partial charge in [-0.3, -0.25) is 4.90 Å². The minimum atomic E-state index is -0.373. The molecule has 0 amide bonds. The van der Waals surface area contributed by atoms with E-state index in [2.05, 4.69) is 4.90 Å². The Morgan fingerprint density at radius 2 is 2.00 bits per heavy atom. The fourth-order valence-corrected chi connectivity index (χ4v) is 3.72. The van der Waals surface area contributed by atoms with Crippen molar-refractivity contribution in [1.82, 2.24) is 4.90 Å². The van der Waals surface area contributed by atoms with Gasteiger partial charge in [0.25, 0.3) is 0 Å². The average Bonchev–Trinajstić information content (AvgIpc) is 2.58. The van der Waals surface area contributed by atoms with E-state index in [1.54, 1.807) is 0 Å². The van der Waals surface area contributed by atoms with Crippen LogP contribution < -0.4 is 0 Å². The van der Waals surface area contributed by atoms with Crippen LogP contribution in [0.1, 0.15) is 32.6 Å². The third kappa shape index (κ3) is 1.23. The fourth-order valence-electron chi connectivity index (χ4n) is 3.72. The van der Waals surface area contributed by atoms with Crippen LogP contribution in [-0.4, -0.2) is 34.7 Å². The highest BCUT2D eigenvalue weighted by atomic mass is 16.3. The van der Waals surface area contributed by atoms with Crippen LogP contribution in [-0.2, 0) is 0 Å². The van der Waals surface area contributed by atoms with E-state index in [0.29, 0.717) is 0 Å². The van der Waals surface area contributed by atoms with Gasteiger partial charge in [-0.2, -0.15) is 0 Å². The van der Waals surface area contributed by atoms with Crippen molar-refractivity contribution in [3.8, 4) is 0 Å². The Kier molecular flexibility index (Phi) is 1.58. The molecule has 1 N–H and O–H groups in total. The molecule has 3 aliphatic rings. The van der Waals surface area contributed by atoms with Crippen molar-refractivity contribution in [3.63, 3.8) is 0 Å². The molecule has 1 saturated heterocycles. The van der Waals surface area contributed by atoms with Crippen LogP contribution in [0, 0.1) is 11.8 Å². The first-order chi connectivity index (χ1) is 6.14. The molecule has 0 aromatic heterocycles. The molecule has 0 spiro atoms. The molecule has 0 aromatic carbocycles. The van der Waals surface area contributed by atoms with Crippen molar-refractivity contribution < 1.29 is 5.11 Å². The molecule has 3 unspecified atom stereocenters. The van der Waals surface area contributed by atoms with Crippen LogP contribution in [0.25, 0.3) is 0 Å². The van der Waals surface area contributed by atoms with E-state index < -0.39 is 0 Å². The Hall–Kier alpha value is -0.0800. The van der Waals surface area contributed by atoms with Crippen LogP contribution >= 0.6 is 0 Å². The highest BCUT2D eigenvalue weighted by molar-refractivity contribution is 5.02. The molecule has 3 atom stereocenters. The summed E-state index contributed by atoms with van der Waals surface area (Å²) < 4.78 is 0. The second kappa shape index (κ2) is 2.48. The van der Waals surface area contributed by atoms with Gasteiger partial charge in [0.1, 0.15) is 0 Å². The average molecular weight is 181 g/mol. The summed E-state index contributed by atoms with van der Waals surface area (Å²) in [4.78, 5) is 2.50. The molecular formula is C11H19NO. The molecule has 0 radical (unpaired) electrons. The summed E-state index contributed by atoms with van der Waals surface area (Å²) in [5.41, 5.74) is -0.373. The van der Waals surface area contributed by atoms with Crippen LogP contribution in [0.4, 0.5) is 0 Å². The van der Waals surface area contributed by atoms with E-state index >= 15 is 0 Å². The van der Waals surface area contributed by atoms with Gasteiger partial charge in [-0.1, -0.05) is 6.42 Å². The van der Waals surface area contributed by atoms with E-state index in [1.807, 2.05) is 6.92 Å². The van der Waals surface area contributed by atoms with Crippen molar-refractivity contribution in [2.24, 2.45) is 11.8 Å². The predicted octanol–water partition coefficient (Wildman–Crippen LogP) is 1.24. The van der Waals surface area contributed by atoms with E-state index in [4.69, 9.17) is 0 Å². The molecule has 3 fully saturated rings. The minimum Gasteiger partial charge on any atom is -0.388 e. The van der Waals surface area contributed by atoms with E-state index in [1.165, 1.54) is 25.7 Å². The first kappa shape index (κ1) is 8.25. The Morgan fingerprint density at radius 1 is 1.23 bits per heavy atom. The van der Waals surface area contributed by atoms with Gasteiger partial charge in [-0.05, 0) is 38.0 Å². The van der Waals surface area contributed by atoms with Crippen molar-refractivity contribution in [1.29, 1.82) is 0 Å². The number of fused-ring (bicyclic) bond motifs is 2. The Bertz CT molecular complexity index is 218. The molecule has 2 nitrogen and oxygen atoms in total. The van der Waals surface area contributed by atoms with Crippen molar-refractivity contribution in [2.45, 2.75) is 44.2 Å². The largest absolute Gasteiger partial charge is 0.388 e. The Morgan fingerprint density at radius 3 is 2.46 bits per heavy atom. The third-order valence-electron chi connectivity index (χ3n) is 4.26. The third-order valence-corrected chi connectivity index (χ3v) is 4.26. The molecule has 2 aliphatic carbocycles. The number of nitrogens with zero attached hydrogens (tertiary/aromatic N) is 1. The maximum atomic E-state index is 9.67. The molecule has 3 rings (SSSR count). The van der Waals surface area contributed by atoms with Gasteiger partial charge in [0.15, 0.2) is 0 Å². The van der Waals surface area contributed by atoms with Gasteiger partial charge in [-0.25, -0.2) is 0 Å². The molecular weight excluding hydrogens is 162 g/mol. The summed E-state index contributed by atoms with van der Waals surface area (Å²) >= 11 is 0. The van der Waals surface area contributed by atoms with Crippen molar-refractivity contribution in [2.75, 3.05) is 13.1 Å². The lowest BCUT2D eigenvalue weighted by molar-refractivity contribution is -0.110. The van der Waals surface area contributed by atoms with Crippen LogP contribution in [0.2, 0.25) is 0 Å². The van der Waals surface area contributed by atoms with Crippen LogP contribution in [0.5, 0.6) is 0 Å². The lowest BCUT2D eigenvalue weighted by atomic mass is 9.87. The summed E-state index contributed by atoms with van der Waals surface area (Å²) in [5, 5.41) is 9.67. The van der Waals surface area contributed by atoms with Gasteiger partial charge in [0, 0.05) is 19.1 Å². The van der Waals surface area contributed by atoms with E-state index in [0.717, 1.165) is 31.0 Å². The second-order valence-electron chi connectivity index (χ2n) is 5.64. The zero-order valence-electron chi connectivity index (χ0n) is 8.37. The molecule has 2 bridgehead atoms. The highest BCUT2D eigenvalue weighted by Gasteiger charge is 2.48. The quantitative estimate of drug-likeness (QED) is 0.658. The maximum Gasteiger partial charge on any atom is 0.0872 e. The summed E-state index contributed by atoms with van der Waals surface area (Å²) in [6.45, 7) is 3.79. The van der Waals surface area contributed by atoms with E-state index in [-0.39, 0.29) is 5.60 Å². The topological polar surface area (TPSA) is 23.5 Å². The standard InChI is InChI=1S/C11H19NO/c1-11(13)6-12(7-11)10-5-8-2-3-9(10)4-8/h8-10,13H,2-7H2,1H3. The summed E-state index contributed by atoms with van der Waals surface area (Å²) in [6.07, 6.45) is 5.82. The van der Waals surface area contributed by atoms with Gasteiger partial charge in [0.05, 0.1) is 5.60 Å². The van der Waals surface area contributed by atoms with Crippen molar-refractivity contribution in [3.05, 3.63) is 0 Å². The number of hydrogen-bond acceptors (Lipinski definition) is 2. The van der Waals surface area contributed by atoms with Gasteiger partial charge >= 0.3 is 0 Å². The zero-order valence-corrected chi connectivity index (χ0v) is 8.37. The smallest absolute Gasteiger partial charge is 0.0872 e. The highest BCUT2D eigenvalue weighted by Crippen LogP contribution is 2.48. The zero-order chi connectivity index (χ0) is 9.05. The predicted molar refractivity (Wildman–Crippen MR) is 51.4 cm³/mol. The molecule has 2 saturated carbocycles. The lowest BCUT2D eigenvalue weighted by Crippen LogP contribution is -2.63. The SMILES string of the molecule is CC1(O)CN(C2CC3CCC2C3)C1. The van der Waals surface area contributed by atoms with Gasteiger partial charge < -0.3 is 5.11 Å². The number of β-amino-alcohol motifs (C(OH)–C–C–N with tert-alkyl or cyclic N) is 1. The fraction of sp³-hybridized carbons (Fsp3) is 1.00. The first-order valence-corrected chi connectivity index (χ1v) is 5.60. The van der Waals surface area contributed by atoms with Crippen molar-refractivity contribution >= 4 is 0 Å². The van der Waals surface area contributed by atoms with Gasteiger partial charge in [0.2, 0.25) is 0 Å². The minimum absolute atomic E-state index is 0.373. The first-order valence-electron chi connectivity index (χ1n) is 5.60. The van der Waals surface area contributed by atoms with Gasteiger partial charge in [-0.15, -0.1) is 0 Å². The summed E-state index contributed by atoms with van der Waals surface area (Å²) in [7, 11) is 0. The van der Waals surface area contributed by atoms with E-state index in [9.17, 15) is 5.11 Å². The number of hydrogen-bond donors (Lipinski definition) is 1. The van der Waals surface area contributed by atoms with Crippen LogP contribution in [0.3, 0.4) is 0 Å². The lowest BCUT2D eigenvalue weighted by Gasteiger charge is -2.49. The number of likely N-dealkylation sites (tertiary alicyclic amines) is 1.